The molecule has 1 aromatic heterocycles. The lowest BCUT2D eigenvalue weighted by Crippen LogP contribution is -2.52. The molecule has 1 unspecified atom stereocenters. The Bertz CT molecular complexity index is 492. The summed E-state index contributed by atoms with van der Waals surface area (Å²) in [5.41, 5.74) is 5.24. The number of hydrogen-bond donors (Lipinski definition) is 1. The Hall–Kier alpha value is -1.72. The van der Waals surface area contributed by atoms with E-state index >= 15 is 0 Å². The van der Waals surface area contributed by atoms with Crippen molar-refractivity contribution in [2.45, 2.75) is 58.1 Å². The van der Waals surface area contributed by atoms with Gasteiger partial charge in [-0.3, -0.25) is 4.90 Å². The fourth-order valence-corrected chi connectivity index (χ4v) is 2.54. The van der Waals surface area contributed by atoms with E-state index in [1.165, 1.54) is 0 Å². The van der Waals surface area contributed by atoms with Crippen molar-refractivity contribution < 1.29 is 14.1 Å². The first kappa shape index (κ1) is 14.7. The van der Waals surface area contributed by atoms with E-state index < -0.39 is 11.1 Å². The molecule has 20 heavy (non-hydrogen) atoms. The molecule has 0 bridgehead atoms. The second-order valence-electron chi connectivity index (χ2n) is 6.48. The molecule has 6 heteroatoms. The van der Waals surface area contributed by atoms with Gasteiger partial charge in [-0.1, -0.05) is 5.16 Å². The molecule has 2 heterocycles. The molecular formula is C14H23N3O3. The Morgan fingerprint density at radius 2 is 2.20 bits per heavy atom. The molecule has 1 atom stereocenters. The maximum absolute atomic E-state index is 12.4. The largest absolute Gasteiger partial charge is 0.444 e. The average molecular weight is 281 g/mol. The smallest absolute Gasteiger partial charge is 0.411 e. The number of carbonyl (C=O) groups excluding carboxylic acids is 1. The van der Waals surface area contributed by atoms with Crippen molar-refractivity contribution in [2.24, 2.45) is 0 Å². The van der Waals surface area contributed by atoms with Crippen LogP contribution in [-0.2, 0) is 10.3 Å². The second kappa shape index (κ2) is 5.00. The first-order chi connectivity index (χ1) is 9.22. The van der Waals surface area contributed by atoms with Gasteiger partial charge in [0.2, 0.25) is 5.88 Å². The summed E-state index contributed by atoms with van der Waals surface area (Å²) < 4.78 is 10.5. The van der Waals surface area contributed by atoms with Crippen LogP contribution in [0.2, 0.25) is 0 Å². The highest BCUT2D eigenvalue weighted by Crippen LogP contribution is 2.38. The molecule has 112 valence electrons. The van der Waals surface area contributed by atoms with Crippen molar-refractivity contribution in [3.05, 3.63) is 11.8 Å². The van der Waals surface area contributed by atoms with Crippen LogP contribution >= 0.6 is 0 Å². The molecule has 1 saturated heterocycles. The van der Waals surface area contributed by atoms with Gasteiger partial charge < -0.3 is 15.0 Å². The normalized spacial score (nSPS) is 23.7. The standard InChI is InChI=1S/C14H23N3O3/c1-13(2,3)19-12(18)17-8-6-5-7-14(17,4)10-9-11(15)20-16-10/h9H,5-8,15H2,1-4H3. The minimum absolute atomic E-state index is 0.260. The van der Waals surface area contributed by atoms with Gasteiger partial charge in [-0.25, -0.2) is 4.79 Å². The summed E-state index contributed by atoms with van der Waals surface area (Å²) >= 11 is 0. The number of aromatic nitrogens is 1. The van der Waals surface area contributed by atoms with Gasteiger partial charge in [0, 0.05) is 12.6 Å². The summed E-state index contributed by atoms with van der Waals surface area (Å²) in [6.07, 6.45) is 2.49. The molecule has 0 aliphatic carbocycles. The van der Waals surface area contributed by atoms with E-state index in [0.717, 1.165) is 19.3 Å². The Morgan fingerprint density at radius 3 is 2.75 bits per heavy atom. The van der Waals surface area contributed by atoms with E-state index in [0.29, 0.717) is 12.2 Å². The van der Waals surface area contributed by atoms with Gasteiger partial charge in [-0.2, -0.15) is 0 Å². The van der Waals surface area contributed by atoms with E-state index in [4.69, 9.17) is 15.0 Å². The molecule has 2 rings (SSSR count). The molecule has 1 aliphatic heterocycles. The Balaban J connectivity index is 2.27. The quantitative estimate of drug-likeness (QED) is 0.856. The SMILES string of the molecule is CC(C)(C)OC(=O)N1CCCCC1(C)c1cc(N)on1. The predicted molar refractivity (Wildman–Crippen MR) is 75.1 cm³/mol. The summed E-state index contributed by atoms with van der Waals surface area (Å²) in [6, 6.07) is 1.68. The fraction of sp³-hybridized carbons (Fsp3) is 0.714. The fourth-order valence-electron chi connectivity index (χ4n) is 2.54. The first-order valence-electron chi connectivity index (χ1n) is 6.96. The second-order valence-corrected chi connectivity index (χ2v) is 6.48. The number of likely N-dealkylation sites (tertiary alicyclic amines) is 1. The van der Waals surface area contributed by atoms with E-state index in [9.17, 15) is 4.79 Å². The van der Waals surface area contributed by atoms with Crippen molar-refractivity contribution in [1.82, 2.24) is 10.1 Å². The van der Waals surface area contributed by atoms with Crippen molar-refractivity contribution >= 4 is 12.0 Å². The van der Waals surface area contributed by atoms with Crippen LogP contribution in [0.3, 0.4) is 0 Å². The predicted octanol–water partition coefficient (Wildman–Crippen LogP) is 2.89. The molecule has 0 saturated carbocycles. The third kappa shape index (κ3) is 2.89. The number of nitrogens with zero attached hydrogens (tertiary/aromatic N) is 2. The van der Waals surface area contributed by atoms with Crippen molar-refractivity contribution in [2.75, 3.05) is 12.3 Å². The van der Waals surface area contributed by atoms with Crippen LogP contribution in [0, 0.1) is 0 Å². The van der Waals surface area contributed by atoms with Crippen molar-refractivity contribution in [1.29, 1.82) is 0 Å². The number of nitrogens with two attached hydrogens (primary N) is 1. The summed E-state index contributed by atoms with van der Waals surface area (Å²) in [6.45, 7) is 8.21. The van der Waals surface area contributed by atoms with E-state index in [1.807, 2.05) is 27.7 Å². The number of hydrogen-bond acceptors (Lipinski definition) is 5. The number of rotatable bonds is 1. The molecule has 1 aliphatic rings. The van der Waals surface area contributed by atoms with Gasteiger partial charge in [-0.05, 0) is 47.0 Å². The van der Waals surface area contributed by atoms with Crippen LogP contribution in [0.1, 0.15) is 52.7 Å². The minimum Gasteiger partial charge on any atom is -0.444 e. The summed E-state index contributed by atoms with van der Waals surface area (Å²) in [4.78, 5) is 14.2. The maximum Gasteiger partial charge on any atom is 0.411 e. The highest BCUT2D eigenvalue weighted by atomic mass is 16.6. The van der Waals surface area contributed by atoms with Crippen LogP contribution < -0.4 is 5.73 Å². The lowest BCUT2D eigenvalue weighted by Gasteiger charge is -2.43. The Morgan fingerprint density at radius 1 is 1.50 bits per heavy atom. The summed E-state index contributed by atoms with van der Waals surface area (Å²) in [7, 11) is 0. The van der Waals surface area contributed by atoms with E-state index in [-0.39, 0.29) is 12.0 Å². The average Bonchev–Trinajstić information content (AvgIpc) is 2.74. The van der Waals surface area contributed by atoms with Crippen LogP contribution in [0.4, 0.5) is 10.7 Å². The van der Waals surface area contributed by atoms with Crippen LogP contribution in [0.5, 0.6) is 0 Å². The number of anilines is 1. The van der Waals surface area contributed by atoms with Gasteiger partial charge in [-0.15, -0.1) is 0 Å². The zero-order valence-electron chi connectivity index (χ0n) is 12.6. The number of carbonyl (C=O) groups is 1. The van der Waals surface area contributed by atoms with E-state index in [1.54, 1.807) is 11.0 Å². The number of amides is 1. The molecule has 1 fully saturated rings. The third-order valence-electron chi connectivity index (χ3n) is 3.59. The minimum atomic E-state index is -0.526. The molecule has 0 aromatic carbocycles. The van der Waals surface area contributed by atoms with Crippen LogP contribution in [-0.4, -0.2) is 28.3 Å². The number of ether oxygens (including phenoxy) is 1. The topological polar surface area (TPSA) is 81.6 Å². The molecular weight excluding hydrogens is 258 g/mol. The molecule has 1 aromatic rings. The highest BCUT2D eigenvalue weighted by molar-refractivity contribution is 5.69. The highest BCUT2D eigenvalue weighted by Gasteiger charge is 2.43. The lowest BCUT2D eigenvalue weighted by atomic mass is 9.86. The summed E-state index contributed by atoms with van der Waals surface area (Å²) in [5, 5.41) is 3.99. The van der Waals surface area contributed by atoms with Crippen LogP contribution in [0.15, 0.2) is 10.6 Å². The van der Waals surface area contributed by atoms with Gasteiger partial charge in [0.25, 0.3) is 0 Å². The summed E-state index contributed by atoms with van der Waals surface area (Å²) in [5.74, 6) is 0.260. The van der Waals surface area contributed by atoms with Gasteiger partial charge >= 0.3 is 6.09 Å². The van der Waals surface area contributed by atoms with Crippen LogP contribution in [0.25, 0.3) is 0 Å². The molecule has 1 amide bonds. The maximum atomic E-state index is 12.4. The zero-order valence-corrected chi connectivity index (χ0v) is 12.6. The van der Waals surface area contributed by atoms with E-state index in [2.05, 4.69) is 5.16 Å². The van der Waals surface area contributed by atoms with Crippen molar-refractivity contribution in [3.63, 3.8) is 0 Å². The lowest BCUT2D eigenvalue weighted by molar-refractivity contribution is -0.0143. The third-order valence-corrected chi connectivity index (χ3v) is 3.59. The molecule has 0 spiro atoms. The van der Waals surface area contributed by atoms with Gasteiger partial charge in [0.1, 0.15) is 11.3 Å². The van der Waals surface area contributed by atoms with Gasteiger partial charge in [0.15, 0.2) is 0 Å². The Kier molecular flexibility index (Phi) is 3.67. The first-order valence-corrected chi connectivity index (χ1v) is 6.96. The molecule has 2 N–H and O–H groups in total. The number of nitrogen functional groups attached to an aromatic ring is 1. The zero-order chi connectivity index (χ0) is 15.0. The van der Waals surface area contributed by atoms with Crippen molar-refractivity contribution in [3.8, 4) is 0 Å². The monoisotopic (exact) mass is 281 g/mol. The molecule has 6 nitrogen and oxygen atoms in total. The number of piperidine rings is 1. The molecule has 0 radical (unpaired) electrons. The Labute approximate surface area is 119 Å². The van der Waals surface area contributed by atoms with Gasteiger partial charge in [0.05, 0.1) is 5.54 Å².